The lowest BCUT2D eigenvalue weighted by Crippen LogP contribution is -2.47. The van der Waals surface area contributed by atoms with E-state index in [4.69, 9.17) is 4.74 Å². The van der Waals surface area contributed by atoms with Gasteiger partial charge in [-0.15, -0.1) is 0 Å². The van der Waals surface area contributed by atoms with E-state index in [1.807, 2.05) is 0 Å². The number of nitrogens with one attached hydrogen (secondary N) is 2. The fourth-order valence-corrected chi connectivity index (χ4v) is 3.48. The summed E-state index contributed by atoms with van der Waals surface area (Å²) in [5, 5.41) is 17.2. The quantitative estimate of drug-likeness (QED) is 0.489. The van der Waals surface area contributed by atoms with Gasteiger partial charge in [-0.05, 0) is 31.0 Å². The van der Waals surface area contributed by atoms with Gasteiger partial charge in [-0.1, -0.05) is 0 Å². The zero-order valence-electron chi connectivity index (χ0n) is 15.4. The van der Waals surface area contributed by atoms with Crippen molar-refractivity contribution in [2.24, 2.45) is 7.05 Å². The summed E-state index contributed by atoms with van der Waals surface area (Å²) in [4.78, 5) is 23.9. The van der Waals surface area contributed by atoms with Crippen molar-refractivity contribution >= 4 is 28.2 Å². The van der Waals surface area contributed by atoms with Gasteiger partial charge in [0.05, 0.1) is 17.8 Å². The number of benzene rings is 1. The van der Waals surface area contributed by atoms with Crippen LogP contribution in [0.5, 0.6) is 5.75 Å². The number of H-pyrrole nitrogens is 1. The van der Waals surface area contributed by atoms with Gasteiger partial charge in [0.25, 0.3) is 0 Å². The number of fused-ring (bicyclic) bond motifs is 2. The van der Waals surface area contributed by atoms with Crippen molar-refractivity contribution in [3.63, 3.8) is 0 Å². The summed E-state index contributed by atoms with van der Waals surface area (Å²) in [6.45, 7) is 0. The molecule has 0 atom stereocenters. The number of hydrogen-bond acceptors (Lipinski definition) is 6. The van der Waals surface area contributed by atoms with Crippen molar-refractivity contribution in [2.45, 2.75) is 25.0 Å². The topological polar surface area (TPSA) is 118 Å². The number of aromatic nitrogens is 5. The molecule has 1 saturated carbocycles. The number of hydrogen-bond donors (Lipinski definition) is 3. The Balaban J connectivity index is 1.48. The van der Waals surface area contributed by atoms with Crippen molar-refractivity contribution in [2.75, 3.05) is 0 Å². The molecular weight excluding hydrogens is 379 g/mol. The normalized spacial score (nSPS) is 18.7. The number of carbonyl (C=O) groups excluding carboxylic acids is 1. The second-order valence-electron chi connectivity index (χ2n) is 7.10. The largest absolute Gasteiger partial charge is 0.412 e. The molecule has 0 saturated heterocycles. The molecule has 1 fully saturated rings. The minimum atomic E-state index is -0.617. The summed E-state index contributed by atoms with van der Waals surface area (Å²) in [6, 6.07) is 4.33. The monoisotopic (exact) mass is 396 g/mol. The van der Waals surface area contributed by atoms with Crippen LogP contribution >= 0.6 is 0 Å². The van der Waals surface area contributed by atoms with Crippen LogP contribution in [0.25, 0.3) is 33.5 Å². The zero-order chi connectivity index (χ0) is 20.1. The van der Waals surface area contributed by atoms with E-state index in [0.717, 1.165) is 5.39 Å². The smallest absolute Gasteiger partial charge is 0.406 e. The molecule has 1 aromatic carbocycles. The van der Waals surface area contributed by atoms with Gasteiger partial charge in [0, 0.05) is 24.7 Å². The molecule has 0 bridgehead atoms. The van der Waals surface area contributed by atoms with Gasteiger partial charge in [0.2, 0.25) is 0 Å². The highest BCUT2D eigenvalue weighted by atomic mass is 19.1. The predicted molar refractivity (Wildman–Crippen MR) is 102 cm³/mol. The van der Waals surface area contributed by atoms with Crippen molar-refractivity contribution in [3.05, 3.63) is 36.4 Å². The Morgan fingerprint density at radius 2 is 2.24 bits per heavy atom. The van der Waals surface area contributed by atoms with Gasteiger partial charge in [-0.2, -0.15) is 5.10 Å². The van der Waals surface area contributed by atoms with E-state index in [2.05, 4.69) is 25.4 Å². The first kappa shape index (κ1) is 17.6. The fourth-order valence-electron chi connectivity index (χ4n) is 3.48. The molecule has 0 unspecified atom stereocenters. The minimum Gasteiger partial charge on any atom is -0.406 e. The maximum Gasteiger partial charge on any atom is 0.412 e. The molecule has 3 heterocycles. The third-order valence-corrected chi connectivity index (χ3v) is 5.04. The number of ether oxygens (including phenoxy) is 1. The molecule has 0 spiro atoms. The van der Waals surface area contributed by atoms with Gasteiger partial charge < -0.3 is 20.1 Å². The molecule has 0 aliphatic heterocycles. The second kappa shape index (κ2) is 6.52. The fraction of sp³-hybridized carbons (Fsp3) is 0.263. The van der Waals surface area contributed by atoms with Crippen molar-refractivity contribution in [1.82, 2.24) is 30.0 Å². The number of carbonyl (C=O) groups is 1. The van der Waals surface area contributed by atoms with Crippen LogP contribution in [0.4, 0.5) is 9.18 Å². The molecule has 1 amide bonds. The third kappa shape index (κ3) is 3.07. The van der Waals surface area contributed by atoms with E-state index >= 15 is 0 Å². The molecule has 5 rings (SSSR count). The van der Waals surface area contributed by atoms with Crippen molar-refractivity contribution < 1.29 is 19.0 Å². The van der Waals surface area contributed by atoms with Gasteiger partial charge >= 0.3 is 6.09 Å². The number of nitrogens with zero attached hydrogens (tertiary/aromatic N) is 4. The number of rotatable bonds is 3. The minimum absolute atomic E-state index is 0.0929. The molecule has 148 valence electrons. The SMILES string of the molecule is Cn1nc(-c2cnc3[nH]cc(OC(=O)N[C@H]4C[C@@H](O)C4)c3n2)c2ccc(F)cc21. The van der Waals surface area contributed by atoms with Gasteiger partial charge in [0.1, 0.15) is 17.2 Å². The van der Waals surface area contributed by atoms with Crippen molar-refractivity contribution in [3.8, 4) is 17.1 Å². The van der Waals surface area contributed by atoms with E-state index in [1.54, 1.807) is 24.0 Å². The molecular formula is C19H17FN6O3. The third-order valence-electron chi connectivity index (χ3n) is 5.04. The summed E-state index contributed by atoms with van der Waals surface area (Å²) >= 11 is 0. The summed E-state index contributed by atoms with van der Waals surface area (Å²) in [7, 11) is 1.73. The summed E-state index contributed by atoms with van der Waals surface area (Å²) in [6.07, 6.45) is 3.11. The molecule has 1 aliphatic carbocycles. The van der Waals surface area contributed by atoms with Gasteiger partial charge in [-0.25, -0.2) is 19.2 Å². The molecule has 10 heteroatoms. The van der Waals surface area contributed by atoms with Crippen molar-refractivity contribution in [1.29, 1.82) is 0 Å². The standard InChI is InChI=1S/C19H17FN6O3/c1-26-14-4-9(20)2-3-12(14)16(25-26)13-7-21-18-17(24-13)15(8-22-18)29-19(28)23-10-5-11(27)6-10/h2-4,7-8,10-11,27H,5-6H2,1H3,(H,21,22)(H,23,28)/t10-,11+. The maximum atomic E-state index is 13.6. The Labute approximate surface area is 163 Å². The highest BCUT2D eigenvalue weighted by Crippen LogP contribution is 2.30. The van der Waals surface area contributed by atoms with Crippen LogP contribution in [0.1, 0.15) is 12.8 Å². The number of aliphatic hydroxyl groups is 1. The Morgan fingerprint density at radius 1 is 1.41 bits per heavy atom. The average Bonchev–Trinajstić information content (AvgIpc) is 3.21. The predicted octanol–water partition coefficient (Wildman–Crippen LogP) is 2.26. The Kier molecular flexibility index (Phi) is 3.95. The highest BCUT2D eigenvalue weighted by molar-refractivity contribution is 5.93. The number of aromatic amines is 1. The van der Waals surface area contributed by atoms with E-state index in [-0.39, 0.29) is 23.7 Å². The molecule has 3 N–H and O–H groups in total. The summed E-state index contributed by atoms with van der Waals surface area (Å²) < 4.78 is 20.5. The molecule has 1 aliphatic rings. The van der Waals surface area contributed by atoms with Gasteiger partial charge in [-0.3, -0.25) is 4.68 Å². The first-order chi connectivity index (χ1) is 14.0. The highest BCUT2D eigenvalue weighted by Gasteiger charge is 2.29. The Morgan fingerprint density at radius 3 is 3.03 bits per heavy atom. The number of aliphatic hydroxyl groups excluding tert-OH is 1. The average molecular weight is 396 g/mol. The molecule has 29 heavy (non-hydrogen) atoms. The second-order valence-corrected chi connectivity index (χ2v) is 7.10. The molecule has 9 nitrogen and oxygen atoms in total. The first-order valence-electron chi connectivity index (χ1n) is 9.11. The lowest BCUT2D eigenvalue weighted by Gasteiger charge is -2.31. The van der Waals surface area contributed by atoms with Crippen LogP contribution < -0.4 is 10.1 Å². The summed E-state index contributed by atoms with van der Waals surface area (Å²) in [5.41, 5.74) is 2.50. The zero-order valence-corrected chi connectivity index (χ0v) is 15.4. The number of amides is 1. The molecule has 4 aromatic rings. The van der Waals surface area contributed by atoms with Crippen LogP contribution in [0.15, 0.2) is 30.6 Å². The van der Waals surface area contributed by atoms with Crippen LogP contribution in [0.3, 0.4) is 0 Å². The number of halogens is 1. The van der Waals surface area contributed by atoms with E-state index in [9.17, 15) is 14.3 Å². The lowest BCUT2D eigenvalue weighted by molar-refractivity contribution is 0.0631. The van der Waals surface area contributed by atoms with E-state index < -0.39 is 6.09 Å². The van der Waals surface area contributed by atoms with Gasteiger partial charge in [0.15, 0.2) is 16.9 Å². The lowest BCUT2D eigenvalue weighted by atomic mass is 9.90. The Bertz CT molecular complexity index is 1240. The molecule has 3 aromatic heterocycles. The molecule has 0 radical (unpaired) electrons. The van der Waals surface area contributed by atoms with Crippen LogP contribution in [-0.4, -0.2) is 48.1 Å². The first-order valence-corrected chi connectivity index (χ1v) is 9.11. The Hall–Kier alpha value is -3.53. The maximum absolute atomic E-state index is 13.6. The number of aryl methyl sites for hydroxylation is 1. The van der Waals surface area contributed by atoms with Crippen LogP contribution in [0, 0.1) is 5.82 Å². The van der Waals surface area contributed by atoms with E-state index in [0.29, 0.717) is 40.9 Å². The van der Waals surface area contributed by atoms with E-state index in [1.165, 1.54) is 18.3 Å². The van der Waals surface area contributed by atoms with Crippen LogP contribution in [0.2, 0.25) is 0 Å². The van der Waals surface area contributed by atoms with Crippen LogP contribution in [-0.2, 0) is 7.05 Å². The summed E-state index contributed by atoms with van der Waals surface area (Å²) in [5.74, 6) is -0.113.